The fourth-order valence-electron chi connectivity index (χ4n) is 1.31. The number of aromatic nitrogens is 2. The van der Waals surface area contributed by atoms with Crippen LogP contribution in [0.5, 0.6) is 0 Å². The molecule has 0 fully saturated rings. The van der Waals surface area contributed by atoms with E-state index in [-0.39, 0.29) is 0 Å². The van der Waals surface area contributed by atoms with E-state index in [0.29, 0.717) is 5.82 Å². The van der Waals surface area contributed by atoms with E-state index < -0.39 is 0 Å². The van der Waals surface area contributed by atoms with Gasteiger partial charge in [0.05, 0.1) is 12.4 Å². The second kappa shape index (κ2) is 6.19. The highest BCUT2D eigenvalue weighted by atomic mass is 15.1. The molecule has 0 aliphatic heterocycles. The second-order valence-corrected chi connectivity index (χ2v) is 3.28. The molecule has 0 aliphatic carbocycles. The van der Waals surface area contributed by atoms with Crippen LogP contribution in [0.25, 0.3) is 0 Å². The van der Waals surface area contributed by atoms with Gasteiger partial charge < -0.3 is 16.0 Å². The predicted molar refractivity (Wildman–Crippen MR) is 62.7 cm³/mol. The maximum absolute atomic E-state index is 5.44. The maximum atomic E-state index is 5.44. The van der Waals surface area contributed by atoms with Crippen LogP contribution in [0.2, 0.25) is 0 Å². The van der Waals surface area contributed by atoms with E-state index in [2.05, 4.69) is 34.0 Å². The van der Waals surface area contributed by atoms with Crippen LogP contribution in [0, 0.1) is 0 Å². The van der Waals surface area contributed by atoms with Crippen molar-refractivity contribution < 1.29 is 0 Å². The van der Waals surface area contributed by atoms with E-state index in [9.17, 15) is 0 Å². The van der Waals surface area contributed by atoms with Crippen molar-refractivity contribution in [2.24, 2.45) is 0 Å². The molecule has 0 saturated heterocycles. The SMILES string of the molecule is CCN(CC)CCNc1cnc(N)cn1. The van der Waals surface area contributed by atoms with E-state index in [1.807, 2.05) is 0 Å². The quantitative estimate of drug-likeness (QED) is 0.726. The van der Waals surface area contributed by atoms with Crippen molar-refractivity contribution in [2.75, 3.05) is 37.2 Å². The smallest absolute Gasteiger partial charge is 0.144 e. The monoisotopic (exact) mass is 209 g/mol. The van der Waals surface area contributed by atoms with Crippen molar-refractivity contribution in [2.45, 2.75) is 13.8 Å². The molecule has 0 atom stereocenters. The highest BCUT2D eigenvalue weighted by Gasteiger charge is 1.98. The van der Waals surface area contributed by atoms with E-state index in [1.165, 1.54) is 0 Å². The minimum absolute atomic E-state index is 0.448. The van der Waals surface area contributed by atoms with Crippen molar-refractivity contribution in [1.29, 1.82) is 0 Å². The molecule has 5 nitrogen and oxygen atoms in total. The topological polar surface area (TPSA) is 67.1 Å². The summed E-state index contributed by atoms with van der Waals surface area (Å²) in [5, 5.41) is 3.20. The summed E-state index contributed by atoms with van der Waals surface area (Å²) in [5.74, 6) is 1.22. The Bertz CT molecular complexity index is 268. The van der Waals surface area contributed by atoms with Crippen LogP contribution < -0.4 is 11.1 Å². The summed E-state index contributed by atoms with van der Waals surface area (Å²) >= 11 is 0. The largest absolute Gasteiger partial charge is 0.382 e. The molecular formula is C10H19N5. The number of likely N-dealkylation sites (N-methyl/N-ethyl adjacent to an activating group) is 1. The predicted octanol–water partition coefficient (Wildman–Crippen LogP) is 0.812. The molecule has 1 aromatic heterocycles. The molecule has 0 amide bonds. The third-order valence-electron chi connectivity index (χ3n) is 2.30. The van der Waals surface area contributed by atoms with Gasteiger partial charge in [-0.1, -0.05) is 13.8 Å². The number of nitrogen functional groups attached to an aromatic ring is 1. The van der Waals surface area contributed by atoms with Gasteiger partial charge in [0.1, 0.15) is 11.6 Å². The average molecular weight is 209 g/mol. The van der Waals surface area contributed by atoms with Gasteiger partial charge in [-0.2, -0.15) is 0 Å². The minimum atomic E-state index is 0.448. The highest BCUT2D eigenvalue weighted by molar-refractivity contribution is 5.35. The minimum Gasteiger partial charge on any atom is -0.382 e. The van der Waals surface area contributed by atoms with Crippen molar-refractivity contribution >= 4 is 11.6 Å². The van der Waals surface area contributed by atoms with E-state index in [4.69, 9.17) is 5.73 Å². The van der Waals surface area contributed by atoms with Crippen molar-refractivity contribution in [3.63, 3.8) is 0 Å². The number of nitrogens with one attached hydrogen (secondary N) is 1. The van der Waals surface area contributed by atoms with E-state index in [1.54, 1.807) is 12.4 Å². The lowest BCUT2D eigenvalue weighted by Crippen LogP contribution is -2.28. The number of hydrogen-bond acceptors (Lipinski definition) is 5. The van der Waals surface area contributed by atoms with Crippen LogP contribution in [0.4, 0.5) is 11.6 Å². The van der Waals surface area contributed by atoms with Gasteiger partial charge >= 0.3 is 0 Å². The standard InChI is InChI=1S/C10H19N5/c1-3-15(4-2)6-5-12-10-8-13-9(11)7-14-10/h7-8H,3-6H2,1-2H3,(H2,11,13)(H,12,14). The summed E-state index contributed by atoms with van der Waals surface area (Å²) in [7, 11) is 0. The maximum Gasteiger partial charge on any atom is 0.144 e. The Kier molecular flexibility index (Phi) is 4.83. The molecule has 3 N–H and O–H groups in total. The van der Waals surface area contributed by atoms with Gasteiger partial charge in [-0.05, 0) is 13.1 Å². The fraction of sp³-hybridized carbons (Fsp3) is 0.600. The summed E-state index contributed by atoms with van der Waals surface area (Å²) in [6, 6.07) is 0. The molecule has 1 rings (SSSR count). The van der Waals surface area contributed by atoms with Crippen LogP contribution in [0.15, 0.2) is 12.4 Å². The molecule has 0 bridgehead atoms. The lowest BCUT2D eigenvalue weighted by Gasteiger charge is -2.17. The van der Waals surface area contributed by atoms with E-state index in [0.717, 1.165) is 32.0 Å². The molecule has 0 radical (unpaired) electrons. The molecule has 5 heteroatoms. The number of hydrogen-bond donors (Lipinski definition) is 2. The molecule has 0 aromatic carbocycles. The normalized spacial score (nSPS) is 10.6. The third-order valence-corrected chi connectivity index (χ3v) is 2.30. The Balaban J connectivity index is 2.28. The van der Waals surface area contributed by atoms with Crippen molar-refractivity contribution in [1.82, 2.24) is 14.9 Å². The molecule has 0 unspecified atom stereocenters. The molecule has 84 valence electrons. The fourth-order valence-corrected chi connectivity index (χ4v) is 1.31. The van der Waals surface area contributed by atoms with Crippen LogP contribution in [-0.2, 0) is 0 Å². The summed E-state index contributed by atoms with van der Waals surface area (Å²) in [5.41, 5.74) is 5.44. The number of anilines is 2. The second-order valence-electron chi connectivity index (χ2n) is 3.28. The molecule has 1 aromatic rings. The first-order valence-corrected chi connectivity index (χ1v) is 5.30. The Morgan fingerprint density at radius 2 is 2.00 bits per heavy atom. The van der Waals surface area contributed by atoms with Crippen LogP contribution in [0.1, 0.15) is 13.8 Å². The molecular weight excluding hydrogens is 190 g/mol. The van der Waals surface area contributed by atoms with Crippen LogP contribution in [0.3, 0.4) is 0 Å². The zero-order valence-electron chi connectivity index (χ0n) is 9.40. The van der Waals surface area contributed by atoms with Gasteiger partial charge in [0.15, 0.2) is 0 Å². The lowest BCUT2D eigenvalue weighted by molar-refractivity contribution is 0.316. The zero-order valence-corrected chi connectivity index (χ0v) is 9.40. The van der Waals surface area contributed by atoms with Crippen LogP contribution >= 0.6 is 0 Å². The Morgan fingerprint density at radius 3 is 2.53 bits per heavy atom. The lowest BCUT2D eigenvalue weighted by atomic mass is 10.4. The van der Waals surface area contributed by atoms with Gasteiger partial charge in [-0.15, -0.1) is 0 Å². The van der Waals surface area contributed by atoms with E-state index >= 15 is 0 Å². The van der Waals surface area contributed by atoms with Crippen molar-refractivity contribution in [3.8, 4) is 0 Å². The third kappa shape index (κ3) is 4.12. The number of rotatable bonds is 6. The summed E-state index contributed by atoms with van der Waals surface area (Å²) in [4.78, 5) is 10.4. The van der Waals surface area contributed by atoms with Gasteiger partial charge in [0.2, 0.25) is 0 Å². The average Bonchev–Trinajstić information content (AvgIpc) is 2.27. The highest BCUT2D eigenvalue weighted by Crippen LogP contribution is 2.00. The molecule has 0 aliphatic rings. The van der Waals surface area contributed by atoms with Crippen LogP contribution in [-0.4, -0.2) is 41.0 Å². The Labute approximate surface area is 90.7 Å². The molecule has 15 heavy (non-hydrogen) atoms. The molecule has 0 spiro atoms. The molecule has 1 heterocycles. The Morgan fingerprint density at radius 1 is 1.27 bits per heavy atom. The number of nitrogens with two attached hydrogens (primary N) is 1. The van der Waals surface area contributed by atoms with Gasteiger partial charge in [0, 0.05) is 13.1 Å². The van der Waals surface area contributed by atoms with Gasteiger partial charge in [-0.25, -0.2) is 9.97 Å². The first-order valence-electron chi connectivity index (χ1n) is 5.30. The summed E-state index contributed by atoms with van der Waals surface area (Å²) < 4.78 is 0. The zero-order chi connectivity index (χ0) is 11.1. The van der Waals surface area contributed by atoms with Gasteiger partial charge in [0.25, 0.3) is 0 Å². The first-order chi connectivity index (χ1) is 7.26. The summed E-state index contributed by atoms with van der Waals surface area (Å²) in [6.07, 6.45) is 3.21. The number of nitrogens with zero attached hydrogens (tertiary/aromatic N) is 3. The van der Waals surface area contributed by atoms with Crippen molar-refractivity contribution in [3.05, 3.63) is 12.4 Å². The van der Waals surface area contributed by atoms with Gasteiger partial charge in [-0.3, -0.25) is 0 Å². The first kappa shape index (κ1) is 11.7. The molecule has 0 saturated carbocycles. The Hall–Kier alpha value is -1.36. The summed E-state index contributed by atoms with van der Waals surface area (Å²) in [6.45, 7) is 8.36.